The highest BCUT2D eigenvalue weighted by Crippen LogP contribution is 2.35. The summed E-state index contributed by atoms with van der Waals surface area (Å²) in [5.41, 5.74) is 1.99. The van der Waals surface area contributed by atoms with Gasteiger partial charge in [0.1, 0.15) is 11.4 Å². The molecule has 1 aliphatic rings. The minimum Gasteiger partial charge on any atom is -0.497 e. The fourth-order valence-electron chi connectivity index (χ4n) is 3.68. The van der Waals surface area contributed by atoms with Crippen molar-refractivity contribution < 1.29 is 14.2 Å². The van der Waals surface area contributed by atoms with Crippen molar-refractivity contribution >= 4 is 11.4 Å². The molecule has 1 fully saturated rings. The molecule has 0 spiro atoms. The van der Waals surface area contributed by atoms with E-state index < -0.39 is 0 Å². The molecule has 2 aromatic carbocycles. The normalized spacial score (nSPS) is 16.6. The van der Waals surface area contributed by atoms with Crippen molar-refractivity contribution in [1.29, 1.82) is 0 Å². The van der Waals surface area contributed by atoms with Gasteiger partial charge in [0.25, 0.3) is 11.6 Å². The van der Waals surface area contributed by atoms with Crippen LogP contribution in [0.15, 0.2) is 47.0 Å². The molecule has 29 heavy (non-hydrogen) atoms. The van der Waals surface area contributed by atoms with Crippen LogP contribution in [-0.2, 0) is 0 Å². The summed E-state index contributed by atoms with van der Waals surface area (Å²) in [5.74, 6) is 1.92. The number of piperidine rings is 1. The lowest BCUT2D eigenvalue weighted by Gasteiger charge is -2.32. The van der Waals surface area contributed by atoms with Crippen LogP contribution in [0.25, 0.3) is 22.8 Å². The standard InChI is InChI=1S/C21H22N4O4/c1-14-4-3-11-24(13-14)18-10-7-16(12-19(18)25(26)27)21-22-20(23-29-21)15-5-8-17(28-2)9-6-15/h5-10,12,14H,3-4,11,13H2,1-2H3. The van der Waals surface area contributed by atoms with Gasteiger partial charge in [-0.05, 0) is 55.2 Å². The summed E-state index contributed by atoms with van der Waals surface area (Å²) in [6.07, 6.45) is 2.19. The van der Waals surface area contributed by atoms with Crippen LogP contribution >= 0.6 is 0 Å². The third-order valence-electron chi connectivity index (χ3n) is 5.19. The molecule has 1 atom stereocenters. The van der Waals surface area contributed by atoms with Gasteiger partial charge in [0, 0.05) is 30.3 Å². The number of methoxy groups -OCH3 is 1. The van der Waals surface area contributed by atoms with Gasteiger partial charge in [0.05, 0.1) is 12.0 Å². The molecule has 3 aromatic rings. The number of hydrogen-bond donors (Lipinski definition) is 0. The molecule has 4 rings (SSSR count). The van der Waals surface area contributed by atoms with E-state index in [1.54, 1.807) is 19.2 Å². The van der Waals surface area contributed by atoms with Crippen molar-refractivity contribution in [3.63, 3.8) is 0 Å². The lowest BCUT2D eigenvalue weighted by molar-refractivity contribution is -0.384. The number of nitrogens with zero attached hydrogens (tertiary/aromatic N) is 4. The molecule has 0 radical (unpaired) electrons. The van der Waals surface area contributed by atoms with Crippen LogP contribution in [0.2, 0.25) is 0 Å². The van der Waals surface area contributed by atoms with Crippen molar-refractivity contribution in [2.24, 2.45) is 5.92 Å². The van der Waals surface area contributed by atoms with Gasteiger partial charge in [-0.15, -0.1) is 0 Å². The molecule has 0 bridgehead atoms. The van der Waals surface area contributed by atoms with Crippen LogP contribution < -0.4 is 9.64 Å². The minimum atomic E-state index is -0.348. The van der Waals surface area contributed by atoms with Crippen LogP contribution in [0.3, 0.4) is 0 Å². The second kappa shape index (κ2) is 7.90. The third-order valence-corrected chi connectivity index (χ3v) is 5.19. The maximum atomic E-state index is 11.7. The molecule has 0 saturated carbocycles. The van der Waals surface area contributed by atoms with E-state index in [1.165, 1.54) is 6.07 Å². The van der Waals surface area contributed by atoms with Crippen molar-refractivity contribution in [1.82, 2.24) is 10.1 Å². The summed E-state index contributed by atoms with van der Waals surface area (Å²) in [6.45, 7) is 3.82. The number of aromatic nitrogens is 2. The predicted molar refractivity (Wildman–Crippen MR) is 109 cm³/mol. The first-order valence-electron chi connectivity index (χ1n) is 9.57. The average Bonchev–Trinajstić information content (AvgIpc) is 3.23. The molecule has 0 aliphatic carbocycles. The third kappa shape index (κ3) is 3.91. The zero-order valence-electron chi connectivity index (χ0n) is 16.4. The highest BCUT2D eigenvalue weighted by atomic mass is 16.6. The van der Waals surface area contributed by atoms with Crippen molar-refractivity contribution in [2.45, 2.75) is 19.8 Å². The topological polar surface area (TPSA) is 94.5 Å². The summed E-state index contributed by atoms with van der Waals surface area (Å²) in [5, 5.41) is 15.7. The second-order valence-electron chi connectivity index (χ2n) is 7.31. The highest BCUT2D eigenvalue weighted by molar-refractivity contribution is 5.71. The predicted octanol–water partition coefficient (Wildman–Crippen LogP) is 4.56. The van der Waals surface area contributed by atoms with Crippen LogP contribution in [0.1, 0.15) is 19.8 Å². The Bertz CT molecular complexity index is 1020. The molecule has 150 valence electrons. The zero-order chi connectivity index (χ0) is 20.4. The Kier molecular flexibility index (Phi) is 5.16. The van der Waals surface area contributed by atoms with Crippen LogP contribution in [0.5, 0.6) is 5.75 Å². The molecule has 1 aromatic heterocycles. The Balaban J connectivity index is 1.64. The Morgan fingerprint density at radius 3 is 2.66 bits per heavy atom. The second-order valence-corrected chi connectivity index (χ2v) is 7.31. The van der Waals surface area contributed by atoms with Gasteiger partial charge in [0.15, 0.2) is 0 Å². The maximum Gasteiger partial charge on any atom is 0.293 e. The maximum absolute atomic E-state index is 11.7. The van der Waals surface area contributed by atoms with Gasteiger partial charge >= 0.3 is 0 Å². The molecule has 0 amide bonds. The summed E-state index contributed by atoms with van der Waals surface area (Å²) < 4.78 is 10.5. The van der Waals surface area contributed by atoms with Crippen LogP contribution in [-0.4, -0.2) is 35.3 Å². The molecule has 8 nitrogen and oxygen atoms in total. The molecular weight excluding hydrogens is 372 g/mol. The smallest absolute Gasteiger partial charge is 0.293 e. The van der Waals surface area contributed by atoms with Gasteiger partial charge in [-0.25, -0.2) is 0 Å². The van der Waals surface area contributed by atoms with Crippen molar-refractivity contribution in [3.8, 4) is 28.6 Å². The Morgan fingerprint density at radius 1 is 1.21 bits per heavy atom. The highest BCUT2D eigenvalue weighted by Gasteiger charge is 2.25. The first-order valence-corrected chi connectivity index (χ1v) is 9.57. The monoisotopic (exact) mass is 394 g/mol. The SMILES string of the molecule is COc1ccc(-c2noc(-c3ccc(N4CCCC(C)C4)c([N+](=O)[O-])c3)n2)cc1. The number of rotatable bonds is 5. The largest absolute Gasteiger partial charge is 0.497 e. The van der Waals surface area contributed by atoms with E-state index in [0.717, 1.165) is 37.2 Å². The fraction of sp³-hybridized carbons (Fsp3) is 0.333. The van der Waals surface area contributed by atoms with Gasteiger partial charge < -0.3 is 14.2 Å². The Hall–Kier alpha value is -3.42. The number of benzene rings is 2. The Morgan fingerprint density at radius 2 is 1.97 bits per heavy atom. The van der Waals surface area contributed by atoms with Gasteiger partial charge in [-0.3, -0.25) is 10.1 Å². The number of anilines is 1. The number of hydrogen-bond acceptors (Lipinski definition) is 7. The van der Waals surface area contributed by atoms with Crippen LogP contribution in [0.4, 0.5) is 11.4 Å². The van der Waals surface area contributed by atoms with Gasteiger partial charge in [-0.2, -0.15) is 4.98 Å². The summed E-state index contributed by atoms with van der Waals surface area (Å²) in [6, 6.07) is 12.4. The minimum absolute atomic E-state index is 0.0563. The van der Waals surface area contributed by atoms with Crippen LogP contribution in [0, 0.1) is 16.0 Å². The molecule has 8 heteroatoms. The van der Waals surface area contributed by atoms with E-state index in [-0.39, 0.29) is 16.5 Å². The van der Waals surface area contributed by atoms with E-state index in [9.17, 15) is 10.1 Å². The lowest BCUT2D eigenvalue weighted by atomic mass is 9.99. The Labute approximate surface area is 168 Å². The fourth-order valence-corrected chi connectivity index (χ4v) is 3.68. The summed E-state index contributed by atoms with van der Waals surface area (Å²) in [7, 11) is 1.60. The number of ether oxygens (including phenoxy) is 1. The first-order chi connectivity index (χ1) is 14.0. The first kappa shape index (κ1) is 18.9. The van der Waals surface area contributed by atoms with E-state index in [4.69, 9.17) is 9.26 Å². The molecule has 1 aliphatic heterocycles. The van der Waals surface area contributed by atoms with E-state index in [0.29, 0.717) is 23.0 Å². The quantitative estimate of drug-likeness (QED) is 0.462. The number of nitro groups is 1. The van der Waals surface area contributed by atoms with Crippen molar-refractivity contribution in [3.05, 3.63) is 52.6 Å². The van der Waals surface area contributed by atoms with Gasteiger partial charge in [0.2, 0.25) is 5.82 Å². The van der Waals surface area contributed by atoms with Crippen molar-refractivity contribution in [2.75, 3.05) is 25.1 Å². The molecule has 1 saturated heterocycles. The van der Waals surface area contributed by atoms with E-state index in [2.05, 4.69) is 22.0 Å². The van der Waals surface area contributed by atoms with Gasteiger partial charge in [-0.1, -0.05) is 12.1 Å². The zero-order valence-corrected chi connectivity index (χ0v) is 16.4. The molecule has 2 heterocycles. The summed E-state index contributed by atoms with van der Waals surface area (Å²) >= 11 is 0. The average molecular weight is 394 g/mol. The molecule has 1 unspecified atom stereocenters. The molecule has 0 N–H and O–H groups in total. The van der Waals surface area contributed by atoms with E-state index >= 15 is 0 Å². The summed E-state index contributed by atoms with van der Waals surface area (Å²) in [4.78, 5) is 17.9. The number of nitro benzene ring substituents is 1. The molecular formula is C21H22N4O4. The van der Waals surface area contributed by atoms with E-state index in [1.807, 2.05) is 24.3 Å². The lowest BCUT2D eigenvalue weighted by Crippen LogP contribution is -2.34.